The van der Waals surface area contributed by atoms with Gasteiger partial charge < -0.3 is 10.5 Å². The molecule has 0 spiro atoms. The Morgan fingerprint density at radius 3 is 2.75 bits per heavy atom. The fourth-order valence-corrected chi connectivity index (χ4v) is 3.17. The second-order valence-electron chi connectivity index (χ2n) is 4.15. The number of sulfone groups is 1. The lowest BCUT2D eigenvalue weighted by atomic mass is 10.3. The summed E-state index contributed by atoms with van der Waals surface area (Å²) >= 11 is 0. The lowest BCUT2D eigenvalue weighted by Gasteiger charge is -2.08. The van der Waals surface area contributed by atoms with Crippen molar-refractivity contribution >= 4 is 15.5 Å². The van der Waals surface area contributed by atoms with Crippen LogP contribution in [0, 0.1) is 5.82 Å². The first-order chi connectivity index (χ1) is 9.42. The highest BCUT2D eigenvalue weighted by atomic mass is 32.2. The summed E-state index contributed by atoms with van der Waals surface area (Å²) in [6, 6.07) is 6.42. The minimum absolute atomic E-state index is 0.0572. The van der Waals surface area contributed by atoms with Gasteiger partial charge in [0.25, 0.3) is 0 Å². The molecule has 1 aromatic heterocycles. The SMILES string of the molecule is COc1ncccc1CS(=O)(=O)c1cc(N)cc(F)c1. The lowest BCUT2D eigenvalue weighted by molar-refractivity contribution is 0.394. The minimum atomic E-state index is -3.73. The predicted octanol–water partition coefficient (Wildman–Crippen LogP) is 1.79. The molecule has 1 aromatic carbocycles. The molecule has 2 rings (SSSR count). The van der Waals surface area contributed by atoms with E-state index in [9.17, 15) is 12.8 Å². The van der Waals surface area contributed by atoms with E-state index in [-0.39, 0.29) is 22.2 Å². The monoisotopic (exact) mass is 296 g/mol. The van der Waals surface area contributed by atoms with E-state index in [1.165, 1.54) is 19.4 Å². The van der Waals surface area contributed by atoms with E-state index in [1.807, 2.05) is 0 Å². The zero-order valence-electron chi connectivity index (χ0n) is 10.7. The summed E-state index contributed by atoms with van der Waals surface area (Å²) in [5, 5.41) is 0. The van der Waals surface area contributed by atoms with Crippen molar-refractivity contribution in [2.24, 2.45) is 0 Å². The van der Waals surface area contributed by atoms with Crippen molar-refractivity contribution in [3.05, 3.63) is 47.9 Å². The van der Waals surface area contributed by atoms with Gasteiger partial charge in [-0.2, -0.15) is 0 Å². The molecular formula is C13H13FN2O3S. The summed E-state index contributed by atoms with van der Waals surface area (Å²) in [4.78, 5) is 3.76. The van der Waals surface area contributed by atoms with Crippen LogP contribution in [0.4, 0.5) is 10.1 Å². The van der Waals surface area contributed by atoms with Crippen molar-refractivity contribution in [3.8, 4) is 5.88 Å². The molecule has 0 aliphatic rings. The molecule has 0 saturated heterocycles. The highest BCUT2D eigenvalue weighted by Gasteiger charge is 2.19. The third kappa shape index (κ3) is 3.05. The van der Waals surface area contributed by atoms with Crippen molar-refractivity contribution in [2.45, 2.75) is 10.6 Å². The van der Waals surface area contributed by atoms with Gasteiger partial charge in [-0.15, -0.1) is 0 Å². The molecule has 0 fully saturated rings. The van der Waals surface area contributed by atoms with E-state index < -0.39 is 15.7 Å². The summed E-state index contributed by atoms with van der Waals surface area (Å²) < 4.78 is 42.8. The van der Waals surface area contributed by atoms with Crippen LogP contribution in [-0.4, -0.2) is 20.5 Å². The van der Waals surface area contributed by atoms with Crippen molar-refractivity contribution in [1.82, 2.24) is 4.98 Å². The molecule has 7 heteroatoms. The van der Waals surface area contributed by atoms with Crippen molar-refractivity contribution < 1.29 is 17.5 Å². The number of nitrogens with two attached hydrogens (primary N) is 1. The number of rotatable bonds is 4. The Balaban J connectivity index is 2.41. The number of ether oxygens (including phenoxy) is 1. The molecule has 20 heavy (non-hydrogen) atoms. The summed E-state index contributed by atoms with van der Waals surface area (Å²) in [6.45, 7) is 0. The first kappa shape index (κ1) is 14.3. The zero-order chi connectivity index (χ0) is 14.8. The number of anilines is 1. The molecule has 2 aromatic rings. The molecule has 106 valence electrons. The normalized spacial score (nSPS) is 11.3. The van der Waals surface area contributed by atoms with Crippen molar-refractivity contribution in [1.29, 1.82) is 0 Å². The highest BCUT2D eigenvalue weighted by molar-refractivity contribution is 7.90. The molecule has 0 bridgehead atoms. The van der Waals surface area contributed by atoms with Gasteiger partial charge in [-0.25, -0.2) is 17.8 Å². The molecular weight excluding hydrogens is 283 g/mol. The number of nitrogen functional groups attached to an aromatic ring is 1. The topological polar surface area (TPSA) is 82.3 Å². The van der Waals surface area contributed by atoms with Gasteiger partial charge in [-0.1, -0.05) is 6.07 Å². The number of hydrogen-bond donors (Lipinski definition) is 1. The van der Waals surface area contributed by atoms with E-state index in [1.54, 1.807) is 12.1 Å². The number of methoxy groups -OCH3 is 1. The Morgan fingerprint density at radius 1 is 1.35 bits per heavy atom. The number of nitrogens with zero attached hydrogens (tertiary/aromatic N) is 1. The fourth-order valence-electron chi connectivity index (χ4n) is 1.77. The average molecular weight is 296 g/mol. The summed E-state index contributed by atoms with van der Waals surface area (Å²) in [5.74, 6) is -0.811. The third-order valence-corrected chi connectivity index (χ3v) is 4.29. The third-order valence-electron chi connectivity index (χ3n) is 2.64. The molecule has 0 unspecified atom stereocenters. The average Bonchev–Trinajstić information content (AvgIpc) is 2.38. The molecule has 0 saturated carbocycles. The maximum Gasteiger partial charge on any atom is 0.217 e. The Hall–Kier alpha value is -2.15. The first-order valence-corrected chi connectivity index (χ1v) is 7.34. The van der Waals surface area contributed by atoms with Gasteiger partial charge in [0, 0.05) is 17.4 Å². The smallest absolute Gasteiger partial charge is 0.217 e. The summed E-state index contributed by atoms with van der Waals surface area (Å²) in [5.41, 5.74) is 5.92. The van der Waals surface area contributed by atoms with Gasteiger partial charge in [0.2, 0.25) is 5.88 Å². The van der Waals surface area contributed by atoms with Crippen LogP contribution in [-0.2, 0) is 15.6 Å². The van der Waals surface area contributed by atoms with E-state index in [0.717, 1.165) is 12.1 Å². The number of benzene rings is 1. The van der Waals surface area contributed by atoms with Crippen LogP contribution in [0.2, 0.25) is 0 Å². The maximum atomic E-state index is 13.3. The lowest BCUT2D eigenvalue weighted by Crippen LogP contribution is -2.08. The van der Waals surface area contributed by atoms with Crippen LogP contribution >= 0.6 is 0 Å². The van der Waals surface area contributed by atoms with Gasteiger partial charge in [0.15, 0.2) is 9.84 Å². The first-order valence-electron chi connectivity index (χ1n) is 5.69. The second-order valence-corrected chi connectivity index (χ2v) is 6.14. The van der Waals surface area contributed by atoms with E-state index in [2.05, 4.69) is 4.98 Å². The Labute approximate surface area is 116 Å². The van der Waals surface area contributed by atoms with Crippen LogP contribution in [0.5, 0.6) is 5.88 Å². The largest absolute Gasteiger partial charge is 0.481 e. The quantitative estimate of drug-likeness (QED) is 0.870. The molecule has 5 nitrogen and oxygen atoms in total. The molecule has 0 aliphatic heterocycles. The van der Waals surface area contributed by atoms with Crippen LogP contribution in [0.25, 0.3) is 0 Å². The fraction of sp³-hybridized carbons (Fsp3) is 0.154. The van der Waals surface area contributed by atoms with Gasteiger partial charge in [-0.05, 0) is 24.3 Å². The molecule has 0 radical (unpaired) electrons. The van der Waals surface area contributed by atoms with Gasteiger partial charge >= 0.3 is 0 Å². The number of halogens is 1. The minimum Gasteiger partial charge on any atom is -0.481 e. The van der Waals surface area contributed by atoms with Crippen LogP contribution < -0.4 is 10.5 Å². The number of aromatic nitrogens is 1. The molecule has 0 amide bonds. The van der Waals surface area contributed by atoms with Crippen molar-refractivity contribution in [2.75, 3.05) is 12.8 Å². The molecule has 2 N–H and O–H groups in total. The van der Waals surface area contributed by atoms with Gasteiger partial charge in [0.1, 0.15) is 5.82 Å². The maximum absolute atomic E-state index is 13.3. The predicted molar refractivity (Wildman–Crippen MR) is 72.5 cm³/mol. The standard InChI is InChI=1S/C13H13FN2O3S/c1-19-13-9(3-2-4-16-13)8-20(17,18)12-6-10(14)5-11(15)7-12/h2-7H,8,15H2,1H3. The van der Waals surface area contributed by atoms with Gasteiger partial charge in [0.05, 0.1) is 17.8 Å². The van der Waals surface area contributed by atoms with Crippen LogP contribution in [0.3, 0.4) is 0 Å². The highest BCUT2D eigenvalue weighted by Crippen LogP contribution is 2.23. The Kier molecular flexibility index (Phi) is 3.89. The number of hydrogen-bond acceptors (Lipinski definition) is 5. The molecule has 0 atom stereocenters. The number of pyridine rings is 1. The van der Waals surface area contributed by atoms with E-state index in [4.69, 9.17) is 10.5 Å². The van der Waals surface area contributed by atoms with Crippen LogP contribution in [0.1, 0.15) is 5.56 Å². The van der Waals surface area contributed by atoms with E-state index >= 15 is 0 Å². The summed E-state index contributed by atoms with van der Waals surface area (Å²) in [6.07, 6.45) is 1.50. The molecule has 0 aliphatic carbocycles. The van der Waals surface area contributed by atoms with E-state index in [0.29, 0.717) is 5.56 Å². The van der Waals surface area contributed by atoms with Crippen LogP contribution in [0.15, 0.2) is 41.4 Å². The second kappa shape index (κ2) is 5.46. The van der Waals surface area contributed by atoms with Gasteiger partial charge in [-0.3, -0.25) is 0 Å². The Morgan fingerprint density at radius 2 is 2.10 bits per heavy atom. The zero-order valence-corrected chi connectivity index (χ0v) is 11.5. The van der Waals surface area contributed by atoms with Crippen molar-refractivity contribution in [3.63, 3.8) is 0 Å². The molecule has 1 heterocycles. The summed E-state index contributed by atoms with van der Waals surface area (Å²) in [7, 11) is -2.33. The Bertz CT molecular complexity index is 712.